The van der Waals surface area contributed by atoms with Crippen molar-refractivity contribution in [3.05, 3.63) is 94.3 Å². The largest absolute Gasteiger partial charge is 0.466 e. The molecule has 6 heteroatoms. The summed E-state index contributed by atoms with van der Waals surface area (Å²) in [6.45, 7) is 0.591. The summed E-state index contributed by atoms with van der Waals surface area (Å²) in [7, 11) is 2.64. The summed E-state index contributed by atoms with van der Waals surface area (Å²) >= 11 is 6.15. The van der Waals surface area contributed by atoms with E-state index in [1.165, 1.54) is 14.2 Å². The molecule has 1 heterocycles. The predicted octanol–water partition coefficient (Wildman–Crippen LogP) is 4.10. The lowest BCUT2D eigenvalue weighted by atomic mass is 9.83. The molecule has 29 heavy (non-hydrogen) atoms. The van der Waals surface area contributed by atoms with Gasteiger partial charge in [0.15, 0.2) is 0 Å². The zero-order valence-electron chi connectivity index (χ0n) is 16.3. The van der Waals surface area contributed by atoms with Crippen LogP contribution in [0.2, 0.25) is 5.02 Å². The molecule has 0 saturated heterocycles. The number of hydrogen-bond donors (Lipinski definition) is 0. The van der Waals surface area contributed by atoms with Crippen LogP contribution in [0.4, 0.5) is 0 Å². The molecule has 1 aliphatic heterocycles. The molecule has 0 amide bonds. The molecule has 0 saturated carbocycles. The van der Waals surface area contributed by atoms with Gasteiger partial charge in [0, 0.05) is 24.0 Å². The van der Waals surface area contributed by atoms with E-state index in [-0.39, 0.29) is 0 Å². The third kappa shape index (κ3) is 4.87. The Morgan fingerprint density at radius 1 is 0.931 bits per heavy atom. The Balaban J connectivity index is 1.99. The molecular formula is C23H22ClNO4. The molecule has 0 atom stereocenters. The van der Waals surface area contributed by atoms with Crippen molar-refractivity contribution in [2.45, 2.75) is 12.3 Å². The fourth-order valence-electron chi connectivity index (χ4n) is 3.37. The summed E-state index contributed by atoms with van der Waals surface area (Å²) in [4.78, 5) is 27.0. The smallest absolute Gasteiger partial charge is 0.336 e. The topological polar surface area (TPSA) is 55.8 Å². The highest BCUT2D eigenvalue weighted by molar-refractivity contribution is 6.30. The van der Waals surface area contributed by atoms with Gasteiger partial charge >= 0.3 is 11.9 Å². The quantitative estimate of drug-likeness (QED) is 0.670. The number of ether oxygens (including phenoxy) is 2. The maximum Gasteiger partial charge on any atom is 0.336 e. The van der Waals surface area contributed by atoms with Crippen LogP contribution in [0.3, 0.4) is 0 Å². The van der Waals surface area contributed by atoms with Crippen LogP contribution >= 0.6 is 11.6 Å². The lowest BCUT2D eigenvalue weighted by Gasteiger charge is -2.30. The molecule has 2 aromatic rings. The van der Waals surface area contributed by atoms with Gasteiger partial charge in [-0.15, -0.1) is 0 Å². The SMILES string of the molecule is COC(=O)C1=CN(CCc2ccccc2)C=C(C(=O)OC)C1c1cccc(Cl)c1. The molecule has 0 unspecified atom stereocenters. The van der Waals surface area contributed by atoms with Crippen LogP contribution in [0.15, 0.2) is 78.1 Å². The Kier molecular flexibility index (Phi) is 6.73. The van der Waals surface area contributed by atoms with E-state index in [2.05, 4.69) is 0 Å². The van der Waals surface area contributed by atoms with E-state index in [1.807, 2.05) is 41.3 Å². The zero-order valence-corrected chi connectivity index (χ0v) is 17.1. The van der Waals surface area contributed by atoms with Gasteiger partial charge in [0.1, 0.15) is 0 Å². The summed E-state index contributed by atoms with van der Waals surface area (Å²) in [5.41, 5.74) is 2.58. The van der Waals surface area contributed by atoms with Gasteiger partial charge < -0.3 is 14.4 Å². The fourth-order valence-corrected chi connectivity index (χ4v) is 3.56. The van der Waals surface area contributed by atoms with Crippen LogP contribution in [-0.4, -0.2) is 37.6 Å². The van der Waals surface area contributed by atoms with Crippen molar-refractivity contribution < 1.29 is 19.1 Å². The van der Waals surface area contributed by atoms with E-state index >= 15 is 0 Å². The van der Waals surface area contributed by atoms with Gasteiger partial charge in [-0.1, -0.05) is 54.1 Å². The van der Waals surface area contributed by atoms with Crippen molar-refractivity contribution in [1.82, 2.24) is 4.90 Å². The van der Waals surface area contributed by atoms with Crippen LogP contribution in [0.25, 0.3) is 0 Å². The van der Waals surface area contributed by atoms with E-state index in [1.54, 1.807) is 30.6 Å². The van der Waals surface area contributed by atoms with Crippen LogP contribution in [0.5, 0.6) is 0 Å². The first-order valence-corrected chi connectivity index (χ1v) is 9.56. The van der Waals surface area contributed by atoms with Crippen molar-refractivity contribution in [2.24, 2.45) is 0 Å². The van der Waals surface area contributed by atoms with Crippen molar-refractivity contribution in [3.63, 3.8) is 0 Å². The summed E-state index contributed by atoms with van der Waals surface area (Å²) in [6.07, 6.45) is 4.21. The molecule has 5 nitrogen and oxygen atoms in total. The van der Waals surface area contributed by atoms with Crippen molar-refractivity contribution in [3.8, 4) is 0 Å². The Morgan fingerprint density at radius 2 is 1.55 bits per heavy atom. The van der Waals surface area contributed by atoms with Crippen LogP contribution in [0.1, 0.15) is 17.0 Å². The highest BCUT2D eigenvalue weighted by Crippen LogP contribution is 2.37. The number of halogens is 1. The molecule has 3 rings (SSSR count). The first kappa shape index (κ1) is 20.7. The Bertz CT molecular complexity index is 918. The number of nitrogens with zero attached hydrogens (tertiary/aromatic N) is 1. The number of hydrogen-bond acceptors (Lipinski definition) is 5. The minimum atomic E-state index is -0.624. The fraction of sp³-hybridized carbons (Fsp3) is 0.217. The minimum absolute atomic E-state index is 0.353. The van der Waals surface area contributed by atoms with E-state index in [0.717, 1.165) is 12.0 Å². The molecular weight excluding hydrogens is 390 g/mol. The lowest BCUT2D eigenvalue weighted by molar-refractivity contribution is -0.137. The number of carbonyl (C=O) groups excluding carboxylic acids is 2. The highest BCUT2D eigenvalue weighted by atomic mass is 35.5. The van der Waals surface area contributed by atoms with Crippen molar-refractivity contribution in [1.29, 1.82) is 0 Å². The van der Waals surface area contributed by atoms with Gasteiger partial charge in [0.05, 0.1) is 31.3 Å². The molecule has 0 bridgehead atoms. The second kappa shape index (κ2) is 9.43. The van der Waals surface area contributed by atoms with Crippen LogP contribution < -0.4 is 0 Å². The molecule has 0 fully saturated rings. The second-order valence-corrected chi connectivity index (χ2v) is 7.05. The van der Waals surface area contributed by atoms with Crippen LogP contribution in [-0.2, 0) is 25.5 Å². The zero-order chi connectivity index (χ0) is 20.8. The van der Waals surface area contributed by atoms with Crippen molar-refractivity contribution in [2.75, 3.05) is 20.8 Å². The van der Waals surface area contributed by atoms with E-state index < -0.39 is 17.9 Å². The van der Waals surface area contributed by atoms with E-state index in [0.29, 0.717) is 28.3 Å². The number of rotatable bonds is 6. The van der Waals surface area contributed by atoms with E-state index in [4.69, 9.17) is 21.1 Å². The summed E-state index contributed by atoms with van der Waals surface area (Å²) in [5.74, 6) is -1.63. The van der Waals surface area contributed by atoms with Gasteiger partial charge in [-0.3, -0.25) is 0 Å². The average Bonchev–Trinajstić information content (AvgIpc) is 2.76. The molecule has 0 N–H and O–H groups in total. The molecule has 0 aliphatic carbocycles. The molecule has 2 aromatic carbocycles. The van der Waals surface area contributed by atoms with E-state index in [9.17, 15) is 9.59 Å². The average molecular weight is 412 g/mol. The normalized spacial score (nSPS) is 14.1. The first-order valence-electron chi connectivity index (χ1n) is 9.18. The standard InChI is InChI=1S/C23H22ClNO4/c1-28-22(26)19-14-25(12-11-16-7-4-3-5-8-16)15-20(23(27)29-2)21(19)17-9-6-10-18(24)13-17/h3-10,13-15,21H,11-12H2,1-2H3. The third-order valence-electron chi connectivity index (χ3n) is 4.76. The highest BCUT2D eigenvalue weighted by Gasteiger charge is 2.35. The number of methoxy groups -OCH3 is 2. The number of benzene rings is 2. The summed E-state index contributed by atoms with van der Waals surface area (Å²) in [6, 6.07) is 17.1. The lowest BCUT2D eigenvalue weighted by Crippen LogP contribution is -2.29. The molecule has 1 aliphatic rings. The number of esters is 2. The summed E-state index contributed by atoms with van der Waals surface area (Å²) < 4.78 is 10.00. The number of carbonyl (C=O) groups is 2. The van der Waals surface area contributed by atoms with Crippen molar-refractivity contribution >= 4 is 23.5 Å². The van der Waals surface area contributed by atoms with Gasteiger partial charge in [-0.25, -0.2) is 9.59 Å². The Morgan fingerprint density at radius 3 is 2.10 bits per heavy atom. The van der Waals surface area contributed by atoms with Gasteiger partial charge in [-0.2, -0.15) is 0 Å². The maximum absolute atomic E-state index is 12.6. The van der Waals surface area contributed by atoms with Crippen LogP contribution in [0, 0.1) is 0 Å². The summed E-state index contributed by atoms with van der Waals surface area (Å²) in [5, 5.41) is 0.516. The molecule has 0 aromatic heterocycles. The van der Waals surface area contributed by atoms with Gasteiger partial charge in [-0.05, 0) is 29.7 Å². The van der Waals surface area contributed by atoms with Gasteiger partial charge in [0.25, 0.3) is 0 Å². The first-order chi connectivity index (χ1) is 14.0. The minimum Gasteiger partial charge on any atom is -0.466 e. The monoisotopic (exact) mass is 411 g/mol. The molecule has 150 valence electrons. The molecule has 0 radical (unpaired) electrons. The Labute approximate surface area is 175 Å². The maximum atomic E-state index is 12.6. The van der Waals surface area contributed by atoms with Gasteiger partial charge in [0.2, 0.25) is 0 Å². The predicted molar refractivity (Wildman–Crippen MR) is 111 cm³/mol. The third-order valence-corrected chi connectivity index (χ3v) is 4.99. The second-order valence-electron chi connectivity index (χ2n) is 6.61. The molecule has 0 spiro atoms. The Hall–Kier alpha value is -3.05.